The summed E-state index contributed by atoms with van der Waals surface area (Å²) in [6.45, 7) is 7.15. The number of hydrogen-bond donors (Lipinski definition) is 1. The molecule has 2 aliphatic heterocycles. The van der Waals surface area contributed by atoms with Crippen LogP contribution in [-0.4, -0.2) is 59.4 Å². The number of hydrogen-bond acceptors (Lipinski definition) is 3. The Morgan fingerprint density at radius 2 is 1.69 bits per heavy atom. The first-order valence-electron chi connectivity index (χ1n) is 9.96. The number of nitrogens with zero attached hydrogens (tertiary/aromatic N) is 2. The average Bonchev–Trinajstić information content (AvgIpc) is 2.68. The lowest BCUT2D eigenvalue weighted by molar-refractivity contribution is -0.127. The highest BCUT2D eigenvalue weighted by molar-refractivity contribution is 5.97. The lowest BCUT2D eigenvalue weighted by Crippen LogP contribution is -2.55. The first kappa shape index (κ1) is 18.9. The van der Waals surface area contributed by atoms with Crippen molar-refractivity contribution in [2.75, 3.05) is 19.6 Å². The Bertz CT molecular complexity index is 609. The van der Waals surface area contributed by atoms with Crippen LogP contribution in [0.5, 0.6) is 0 Å². The first-order valence-corrected chi connectivity index (χ1v) is 9.96. The van der Waals surface area contributed by atoms with Gasteiger partial charge in [0.1, 0.15) is 6.04 Å². The Morgan fingerprint density at radius 3 is 2.35 bits per heavy atom. The standard InChI is InChI=1S/C21H31N3O2/c1-16(2)23-14-11-18(12-15-23)22-20(25)19-10-6-7-13-24(19)21(26)17-8-4-3-5-9-17/h3-5,8-9,16,18-19H,6-7,10-15H2,1-2H3,(H,22,25). The number of likely N-dealkylation sites (tertiary alicyclic amines) is 2. The lowest BCUT2D eigenvalue weighted by Gasteiger charge is -2.38. The highest BCUT2D eigenvalue weighted by Gasteiger charge is 2.34. The van der Waals surface area contributed by atoms with Crippen LogP contribution in [0.25, 0.3) is 0 Å². The van der Waals surface area contributed by atoms with Crippen LogP contribution in [0.1, 0.15) is 56.3 Å². The Balaban J connectivity index is 1.61. The van der Waals surface area contributed by atoms with Gasteiger partial charge in [0.05, 0.1) is 0 Å². The molecule has 26 heavy (non-hydrogen) atoms. The number of nitrogens with one attached hydrogen (secondary N) is 1. The zero-order valence-corrected chi connectivity index (χ0v) is 16.0. The van der Waals surface area contributed by atoms with Crippen molar-refractivity contribution >= 4 is 11.8 Å². The monoisotopic (exact) mass is 357 g/mol. The third-order valence-corrected chi connectivity index (χ3v) is 5.69. The van der Waals surface area contributed by atoms with Gasteiger partial charge in [0, 0.05) is 37.3 Å². The summed E-state index contributed by atoms with van der Waals surface area (Å²) in [5.41, 5.74) is 0.664. The molecule has 1 unspecified atom stereocenters. The van der Waals surface area contributed by atoms with Gasteiger partial charge in [0.15, 0.2) is 0 Å². The molecule has 0 radical (unpaired) electrons. The number of amides is 2. The fourth-order valence-corrected chi connectivity index (χ4v) is 4.05. The molecule has 0 spiro atoms. The minimum Gasteiger partial charge on any atom is -0.351 e. The largest absolute Gasteiger partial charge is 0.351 e. The van der Waals surface area contributed by atoms with E-state index in [2.05, 4.69) is 24.1 Å². The van der Waals surface area contributed by atoms with E-state index in [1.807, 2.05) is 30.3 Å². The van der Waals surface area contributed by atoms with Crippen molar-refractivity contribution in [3.05, 3.63) is 35.9 Å². The molecule has 1 atom stereocenters. The van der Waals surface area contributed by atoms with E-state index in [1.54, 1.807) is 4.90 Å². The molecule has 2 fully saturated rings. The van der Waals surface area contributed by atoms with E-state index < -0.39 is 0 Å². The summed E-state index contributed by atoms with van der Waals surface area (Å²) in [4.78, 5) is 30.0. The van der Waals surface area contributed by atoms with Gasteiger partial charge >= 0.3 is 0 Å². The second-order valence-electron chi connectivity index (χ2n) is 7.79. The van der Waals surface area contributed by atoms with Crippen LogP contribution >= 0.6 is 0 Å². The van der Waals surface area contributed by atoms with Gasteiger partial charge in [-0.1, -0.05) is 18.2 Å². The number of carbonyl (C=O) groups excluding carboxylic acids is 2. The molecule has 1 N–H and O–H groups in total. The molecular formula is C21H31N3O2. The van der Waals surface area contributed by atoms with Crippen molar-refractivity contribution in [2.24, 2.45) is 0 Å². The maximum atomic E-state index is 12.9. The molecule has 2 heterocycles. The second kappa shape index (κ2) is 8.67. The van der Waals surface area contributed by atoms with Crippen LogP contribution in [0, 0.1) is 0 Å². The molecule has 0 aromatic heterocycles. The summed E-state index contributed by atoms with van der Waals surface area (Å²) in [5.74, 6) is -0.00273. The van der Waals surface area contributed by atoms with E-state index >= 15 is 0 Å². The summed E-state index contributed by atoms with van der Waals surface area (Å²) in [6, 6.07) is 9.75. The van der Waals surface area contributed by atoms with E-state index in [0.717, 1.165) is 45.2 Å². The number of rotatable bonds is 4. The molecule has 142 valence electrons. The number of piperidine rings is 2. The van der Waals surface area contributed by atoms with Gasteiger partial charge in [0.2, 0.25) is 5.91 Å². The summed E-state index contributed by atoms with van der Waals surface area (Å²) < 4.78 is 0. The van der Waals surface area contributed by atoms with E-state index in [1.165, 1.54) is 0 Å². The van der Waals surface area contributed by atoms with Crippen molar-refractivity contribution in [3.8, 4) is 0 Å². The minimum atomic E-state index is -0.334. The van der Waals surface area contributed by atoms with E-state index in [0.29, 0.717) is 18.2 Å². The van der Waals surface area contributed by atoms with Crippen molar-refractivity contribution in [2.45, 2.75) is 64.1 Å². The fourth-order valence-electron chi connectivity index (χ4n) is 4.05. The molecule has 0 saturated carbocycles. The molecule has 0 aliphatic carbocycles. The first-order chi connectivity index (χ1) is 12.6. The van der Waals surface area contributed by atoms with Crippen LogP contribution < -0.4 is 5.32 Å². The van der Waals surface area contributed by atoms with Crippen LogP contribution in [0.15, 0.2) is 30.3 Å². The van der Waals surface area contributed by atoms with Crippen LogP contribution in [0.2, 0.25) is 0 Å². The normalized spacial score (nSPS) is 22.4. The molecular weight excluding hydrogens is 326 g/mol. The quantitative estimate of drug-likeness (QED) is 0.901. The predicted octanol–water partition coefficient (Wildman–Crippen LogP) is 2.67. The highest BCUT2D eigenvalue weighted by atomic mass is 16.2. The zero-order valence-electron chi connectivity index (χ0n) is 16.0. The van der Waals surface area contributed by atoms with Gasteiger partial charge < -0.3 is 15.1 Å². The van der Waals surface area contributed by atoms with Gasteiger partial charge in [0.25, 0.3) is 5.91 Å². The van der Waals surface area contributed by atoms with Gasteiger partial charge in [-0.25, -0.2) is 0 Å². The molecule has 2 saturated heterocycles. The van der Waals surface area contributed by atoms with Crippen molar-refractivity contribution < 1.29 is 9.59 Å². The summed E-state index contributed by atoms with van der Waals surface area (Å²) in [5, 5.41) is 3.22. The highest BCUT2D eigenvalue weighted by Crippen LogP contribution is 2.21. The summed E-state index contributed by atoms with van der Waals surface area (Å²) in [6.07, 6.45) is 4.71. The second-order valence-corrected chi connectivity index (χ2v) is 7.79. The van der Waals surface area contributed by atoms with Crippen molar-refractivity contribution in [1.82, 2.24) is 15.1 Å². The lowest BCUT2D eigenvalue weighted by atomic mass is 9.98. The Labute approximate surface area is 156 Å². The summed E-state index contributed by atoms with van der Waals surface area (Å²) in [7, 11) is 0. The van der Waals surface area contributed by atoms with Crippen LogP contribution in [0.3, 0.4) is 0 Å². The molecule has 2 amide bonds. The molecule has 1 aromatic carbocycles. The minimum absolute atomic E-state index is 0.0250. The van der Waals surface area contributed by atoms with Crippen molar-refractivity contribution in [1.29, 1.82) is 0 Å². The van der Waals surface area contributed by atoms with E-state index in [-0.39, 0.29) is 23.9 Å². The van der Waals surface area contributed by atoms with Gasteiger partial charge in [-0.05, 0) is 58.1 Å². The SMILES string of the molecule is CC(C)N1CCC(NC(=O)C2CCCCN2C(=O)c2ccccc2)CC1. The summed E-state index contributed by atoms with van der Waals surface area (Å²) >= 11 is 0. The van der Waals surface area contributed by atoms with E-state index in [4.69, 9.17) is 0 Å². The van der Waals surface area contributed by atoms with E-state index in [9.17, 15) is 9.59 Å². The molecule has 3 rings (SSSR count). The number of benzene rings is 1. The topological polar surface area (TPSA) is 52.7 Å². The van der Waals surface area contributed by atoms with Crippen LogP contribution in [0.4, 0.5) is 0 Å². The molecule has 5 heteroatoms. The maximum Gasteiger partial charge on any atom is 0.254 e. The third kappa shape index (κ3) is 4.44. The Kier molecular flexibility index (Phi) is 6.30. The average molecular weight is 357 g/mol. The van der Waals surface area contributed by atoms with Gasteiger partial charge in [-0.3, -0.25) is 9.59 Å². The smallest absolute Gasteiger partial charge is 0.254 e. The van der Waals surface area contributed by atoms with Gasteiger partial charge in [-0.2, -0.15) is 0 Å². The zero-order chi connectivity index (χ0) is 18.5. The Hall–Kier alpha value is -1.88. The molecule has 1 aromatic rings. The maximum absolute atomic E-state index is 12.9. The molecule has 5 nitrogen and oxygen atoms in total. The molecule has 2 aliphatic rings. The molecule has 0 bridgehead atoms. The number of carbonyl (C=O) groups is 2. The van der Waals surface area contributed by atoms with Crippen molar-refractivity contribution in [3.63, 3.8) is 0 Å². The van der Waals surface area contributed by atoms with Crippen LogP contribution in [-0.2, 0) is 4.79 Å². The third-order valence-electron chi connectivity index (χ3n) is 5.69. The van der Waals surface area contributed by atoms with Gasteiger partial charge in [-0.15, -0.1) is 0 Å². The predicted molar refractivity (Wildman–Crippen MR) is 103 cm³/mol. The Morgan fingerprint density at radius 1 is 1.00 bits per heavy atom. The fraction of sp³-hybridized carbons (Fsp3) is 0.619.